The van der Waals surface area contributed by atoms with Crippen LogP contribution >= 0.6 is 0 Å². The molecule has 0 aromatic rings. The van der Waals surface area contributed by atoms with Gasteiger partial charge in [0.1, 0.15) is 0 Å². The van der Waals surface area contributed by atoms with E-state index in [0.717, 1.165) is 0 Å². The molecule has 0 aliphatic heterocycles. The predicted molar refractivity (Wildman–Crippen MR) is 49.5 cm³/mol. The van der Waals surface area contributed by atoms with Crippen LogP contribution in [0.15, 0.2) is 0 Å². The summed E-state index contributed by atoms with van der Waals surface area (Å²) >= 11 is -1.93. The van der Waals surface area contributed by atoms with Crippen LogP contribution in [0.2, 0.25) is 9.88 Å². The maximum atomic E-state index is 2.52. The van der Waals surface area contributed by atoms with Crippen LogP contribution in [0.3, 0.4) is 0 Å². The molecule has 0 saturated carbocycles. The number of hydrogen-bond acceptors (Lipinski definition) is 2. The van der Waals surface area contributed by atoms with Crippen molar-refractivity contribution in [1.82, 2.24) is 6.24 Å². The van der Waals surface area contributed by atoms with Gasteiger partial charge in [-0.1, -0.05) is 0 Å². The molecule has 2 nitrogen and oxygen atoms in total. The van der Waals surface area contributed by atoms with Crippen molar-refractivity contribution in [2.24, 2.45) is 0 Å². The molecule has 0 bridgehead atoms. The van der Waals surface area contributed by atoms with Crippen LogP contribution in [0.25, 0.3) is 0 Å². The minimum absolute atomic E-state index is 1.18. The van der Waals surface area contributed by atoms with Gasteiger partial charge in [-0.2, -0.15) is 0 Å². The molecule has 10 heavy (non-hydrogen) atoms. The van der Waals surface area contributed by atoms with Crippen LogP contribution in [-0.2, 0) is 0 Å². The summed E-state index contributed by atoms with van der Waals surface area (Å²) in [7, 11) is 6.63. The van der Waals surface area contributed by atoms with Crippen molar-refractivity contribution in [2.45, 2.75) is 16.8 Å². The molecule has 0 aliphatic rings. The third-order valence-corrected chi connectivity index (χ3v) is 15.0. The molecule has 0 saturated heterocycles. The normalized spacial score (nSPS) is 13.2. The van der Waals surface area contributed by atoms with Crippen LogP contribution in [-0.4, -0.2) is 52.9 Å². The average Bonchev–Trinajstić information content (AvgIpc) is 1.86. The van der Waals surface area contributed by atoms with E-state index in [1.54, 1.807) is 0 Å². The van der Waals surface area contributed by atoms with Gasteiger partial charge < -0.3 is 0 Å². The zero-order chi connectivity index (χ0) is 8.36. The number of nitrogens with zero attached hydrogens (tertiary/aromatic N) is 2. The molecule has 0 spiro atoms. The van der Waals surface area contributed by atoms with Gasteiger partial charge >= 0.3 is 69.7 Å². The Labute approximate surface area is 69.8 Å². The van der Waals surface area contributed by atoms with Crippen LogP contribution in [0.1, 0.15) is 6.92 Å². The number of rotatable bonds is 3. The molecule has 0 unspecified atom stereocenters. The molecule has 0 atom stereocenters. The maximum absolute atomic E-state index is 2.52. The van der Waals surface area contributed by atoms with E-state index < -0.39 is 18.9 Å². The molecule has 0 rings (SSSR count). The first-order valence-electron chi connectivity index (χ1n) is 3.81. The Morgan fingerprint density at radius 1 is 1.10 bits per heavy atom. The summed E-state index contributed by atoms with van der Waals surface area (Å²) in [5, 5.41) is 0. The van der Waals surface area contributed by atoms with Crippen molar-refractivity contribution in [3.63, 3.8) is 0 Å². The zero-order valence-corrected chi connectivity index (χ0v) is 11.0. The molecule has 0 aromatic heterocycles. The fourth-order valence-corrected chi connectivity index (χ4v) is 4.89. The molecule has 0 radical (unpaired) electrons. The van der Waals surface area contributed by atoms with Gasteiger partial charge in [0.2, 0.25) is 0 Å². The zero-order valence-electron chi connectivity index (χ0n) is 8.10. The third kappa shape index (κ3) is 2.40. The van der Waals surface area contributed by atoms with E-state index in [0.29, 0.717) is 0 Å². The van der Waals surface area contributed by atoms with Gasteiger partial charge in [0, 0.05) is 0 Å². The topological polar surface area (TPSA) is 6.48 Å². The molecular formula is C7H20N2Sn. The molecule has 0 amide bonds. The van der Waals surface area contributed by atoms with Crippen LogP contribution in [0, 0.1) is 0 Å². The number of hydrogen-bond donors (Lipinski definition) is 0. The summed E-state index contributed by atoms with van der Waals surface area (Å²) in [6.45, 7) is 3.41. The standard InChI is InChI=1S/C3H8N.C2H6N.2CH3.Sn/c1-3-4-2;1-3-2;;;/h3H2,1-2H3;1-2H3;2*1H3;/q2*-1;;;+2. The van der Waals surface area contributed by atoms with E-state index in [1.165, 1.54) is 6.54 Å². The predicted octanol–water partition coefficient (Wildman–Crippen LogP) is 1.20. The van der Waals surface area contributed by atoms with Gasteiger partial charge in [-0.3, -0.25) is 0 Å². The second-order valence-electron chi connectivity index (χ2n) is 3.40. The Morgan fingerprint density at radius 2 is 1.50 bits per heavy atom. The van der Waals surface area contributed by atoms with E-state index in [-0.39, 0.29) is 0 Å². The van der Waals surface area contributed by atoms with Crippen LogP contribution in [0.5, 0.6) is 0 Å². The van der Waals surface area contributed by atoms with Crippen LogP contribution < -0.4 is 0 Å². The summed E-state index contributed by atoms with van der Waals surface area (Å²) in [6.07, 6.45) is 0. The third-order valence-electron chi connectivity index (χ3n) is 2.50. The van der Waals surface area contributed by atoms with E-state index in [2.05, 4.69) is 44.2 Å². The van der Waals surface area contributed by atoms with Gasteiger partial charge in [-0.25, -0.2) is 0 Å². The first-order valence-corrected chi connectivity index (χ1v) is 12.1. The Kier molecular flexibility index (Phi) is 4.21. The SMILES string of the molecule is CC[N](C)[Sn]([CH3])([CH3])[N](C)C. The van der Waals surface area contributed by atoms with Crippen molar-refractivity contribution >= 4 is 18.9 Å². The van der Waals surface area contributed by atoms with Gasteiger partial charge in [0.15, 0.2) is 0 Å². The summed E-state index contributed by atoms with van der Waals surface area (Å²) < 4.78 is 4.95. The molecule has 62 valence electrons. The second kappa shape index (κ2) is 3.93. The molecular weight excluding hydrogens is 231 g/mol. The van der Waals surface area contributed by atoms with Crippen molar-refractivity contribution in [3.05, 3.63) is 0 Å². The molecule has 0 aromatic carbocycles. The second-order valence-corrected chi connectivity index (χ2v) is 16.7. The summed E-state index contributed by atoms with van der Waals surface area (Å²) in [5.74, 6) is 0. The van der Waals surface area contributed by atoms with E-state index in [1.807, 2.05) is 0 Å². The molecule has 0 heterocycles. The van der Waals surface area contributed by atoms with Crippen molar-refractivity contribution < 1.29 is 0 Å². The molecule has 3 heteroatoms. The fourth-order valence-electron chi connectivity index (χ4n) is 0.728. The summed E-state index contributed by atoms with van der Waals surface area (Å²) in [5.41, 5.74) is 0. The first kappa shape index (κ1) is 10.7. The summed E-state index contributed by atoms with van der Waals surface area (Å²) in [4.78, 5) is 4.86. The first-order chi connectivity index (χ1) is 4.42. The molecule has 0 fully saturated rings. The Morgan fingerprint density at radius 3 is 1.60 bits per heavy atom. The van der Waals surface area contributed by atoms with Gasteiger partial charge in [-0.05, 0) is 0 Å². The molecule has 0 N–H and O–H groups in total. The van der Waals surface area contributed by atoms with Crippen molar-refractivity contribution in [2.75, 3.05) is 27.7 Å². The van der Waals surface area contributed by atoms with Crippen LogP contribution in [0.4, 0.5) is 0 Å². The van der Waals surface area contributed by atoms with Gasteiger partial charge in [0.25, 0.3) is 0 Å². The van der Waals surface area contributed by atoms with Gasteiger partial charge in [0.05, 0.1) is 0 Å². The molecule has 0 aliphatic carbocycles. The monoisotopic (exact) mass is 252 g/mol. The Balaban J connectivity index is 4.09. The van der Waals surface area contributed by atoms with Crippen molar-refractivity contribution in [1.29, 1.82) is 0 Å². The quantitative estimate of drug-likeness (QED) is 0.695. The van der Waals surface area contributed by atoms with E-state index in [4.69, 9.17) is 0 Å². The fraction of sp³-hybridized carbons (Fsp3) is 1.00. The van der Waals surface area contributed by atoms with Gasteiger partial charge in [-0.15, -0.1) is 0 Å². The minimum atomic E-state index is -1.93. The Hall–Kier alpha value is 0.719. The Bertz CT molecular complexity index is 102. The summed E-state index contributed by atoms with van der Waals surface area (Å²) in [6, 6.07) is 0. The average molecular weight is 251 g/mol. The van der Waals surface area contributed by atoms with Crippen molar-refractivity contribution in [3.8, 4) is 0 Å². The van der Waals surface area contributed by atoms with E-state index in [9.17, 15) is 0 Å². The van der Waals surface area contributed by atoms with E-state index >= 15 is 0 Å².